The van der Waals surface area contributed by atoms with E-state index < -0.39 is 0 Å². The Morgan fingerprint density at radius 3 is 2.50 bits per heavy atom. The molecule has 78 valence electrons. The normalized spacial score (nSPS) is 12.6. The molecular weight excluding hydrogens is 178 g/mol. The van der Waals surface area contributed by atoms with Gasteiger partial charge in [0.1, 0.15) is 5.75 Å². The van der Waals surface area contributed by atoms with Gasteiger partial charge < -0.3 is 15.6 Å². The summed E-state index contributed by atoms with van der Waals surface area (Å²) >= 11 is 0. The molecule has 1 atom stereocenters. The van der Waals surface area contributed by atoms with Gasteiger partial charge in [-0.1, -0.05) is 6.07 Å². The first-order chi connectivity index (χ1) is 6.61. The quantitative estimate of drug-likeness (QED) is 0.764. The van der Waals surface area contributed by atoms with Crippen LogP contribution in [0.15, 0.2) is 12.1 Å². The monoisotopic (exact) mass is 195 g/mol. The van der Waals surface area contributed by atoms with E-state index in [0.29, 0.717) is 0 Å². The summed E-state index contributed by atoms with van der Waals surface area (Å²) in [7, 11) is 1.65. The van der Waals surface area contributed by atoms with E-state index >= 15 is 0 Å². The molecule has 3 N–H and O–H groups in total. The summed E-state index contributed by atoms with van der Waals surface area (Å²) in [6, 6.07) is 3.48. The molecule has 0 aromatic heterocycles. The molecule has 1 aromatic carbocycles. The van der Waals surface area contributed by atoms with Crippen LogP contribution in [-0.4, -0.2) is 18.8 Å². The second kappa shape index (κ2) is 4.44. The van der Waals surface area contributed by atoms with E-state index in [-0.39, 0.29) is 12.6 Å². The lowest BCUT2D eigenvalue weighted by Crippen LogP contribution is -2.16. The van der Waals surface area contributed by atoms with Crippen molar-refractivity contribution in [3.05, 3.63) is 28.8 Å². The van der Waals surface area contributed by atoms with Crippen molar-refractivity contribution in [2.24, 2.45) is 5.73 Å². The Morgan fingerprint density at radius 1 is 1.36 bits per heavy atom. The standard InChI is InChI=1S/C11H17NO2/c1-7-8(2)11(14-3)5-4-9(7)10(12)6-13/h4-5,10,13H,6,12H2,1-3H3. The first kappa shape index (κ1) is 11.0. The fourth-order valence-corrected chi connectivity index (χ4v) is 1.54. The molecule has 0 radical (unpaired) electrons. The Kier molecular flexibility index (Phi) is 3.49. The third kappa shape index (κ3) is 1.89. The average molecular weight is 195 g/mol. The summed E-state index contributed by atoms with van der Waals surface area (Å²) in [4.78, 5) is 0. The summed E-state index contributed by atoms with van der Waals surface area (Å²) in [5.74, 6) is 0.858. The van der Waals surface area contributed by atoms with Gasteiger partial charge in [0.2, 0.25) is 0 Å². The SMILES string of the molecule is COc1ccc(C(N)CO)c(C)c1C. The minimum atomic E-state index is -0.306. The van der Waals surface area contributed by atoms with Crippen LogP contribution in [0.4, 0.5) is 0 Å². The van der Waals surface area contributed by atoms with Crippen LogP contribution in [0.3, 0.4) is 0 Å². The highest BCUT2D eigenvalue weighted by molar-refractivity contribution is 5.44. The Labute approximate surface area is 84.5 Å². The zero-order valence-electron chi connectivity index (χ0n) is 8.87. The Hall–Kier alpha value is -1.06. The predicted octanol–water partition coefficient (Wildman–Crippen LogP) is 1.30. The van der Waals surface area contributed by atoms with E-state index in [9.17, 15) is 0 Å². The number of benzene rings is 1. The van der Waals surface area contributed by atoms with E-state index in [1.807, 2.05) is 26.0 Å². The van der Waals surface area contributed by atoms with Crippen molar-refractivity contribution in [2.45, 2.75) is 19.9 Å². The fourth-order valence-electron chi connectivity index (χ4n) is 1.54. The van der Waals surface area contributed by atoms with Gasteiger partial charge in [-0.3, -0.25) is 0 Å². The molecule has 0 amide bonds. The van der Waals surface area contributed by atoms with Crippen molar-refractivity contribution in [1.82, 2.24) is 0 Å². The lowest BCUT2D eigenvalue weighted by atomic mass is 9.97. The van der Waals surface area contributed by atoms with Gasteiger partial charge in [0.25, 0.3) is 0 Å². The van der Waals surface area contributed by atoms with Crippen molar-refractivity contribution in [3.8, 4) is 5.75 Å². The van der Waals surface area contributed by atoms with Crippen LogP contribution in [0, 0.1) is 13.8 Å². The van der Waals surface area contributed by atoms with Gasteiger partial charge in [0.15, 0.2) is 0 Å². The van der Waals surface area contributed by atoms with E-state index in [1.54, 1.807) is 7.11 Å². The number of ether oxygens (including phenoxy) is 1. The van der Waals surface area contributed by atoms with E-state index in [0.717, 1.165) is 22.4 Å². The molecule has 0 saturated heterocycles. The minimum Gasteiger partial charge on any atom is -0.496 e. The van der Waals surface area contributed by atoms with Gasteiger partial charge in [-0.15, -0.1) is 0 Å². The van der Waals surface area contributed by atoms with Crippen LogP contribution in [-0.2, 0) is 0 Å². The van der Waals surface area contributed by atoms with Gasteiger partial charge >= 0.3 is 0 Å². The summed E-state index contributed by atoms with van der Waals surface area (Å²) < 4.78 is 5.19. The number of aliphatic hydroxyl groups is 1. The maximum atomic E-state index is 8.97. The highest BCUT2D eigenvalue weighted by atomic mass is 16.5. The van der Waals surface area contributed by atoms with E-state index in [1.165, 1.54) is 0 Å². The molecule has 1 aromatic rings. The molecule has 0 fully saturated rings. The average Bonchev–Trinajstić information content (AvgIpc) is 2.21. The number of aliphatic hydroxyl groups excluding tert-OH is 1. The molecule has 0 bridgehead atoms. The molecule has 1 unspecified atom stereocenters. The Bertz CT molecular complexity index is 323. The molecule has 0 aliphatic heterocycles. The van der Waals surface area contributed by atoms with Gasteiger partial charge in [0.05, 0.1) is 19.8 Å². The molecule has 0 saturated carbocycles. The number of nitrogens with two attached hydrogens (primary N) is 1. The van der Waals surface area contributed by atoms with Crippen LogP contribution in [0.2, 0.25) is 0 Å². The van der Waals surface area contributed by atoms with Crippen LogP contribution in [0.25, 0.3) is 0 Å². The first-order valence-corrected chi connectivity index (χ1v) is 4.62. The maximum Gasteiger partial charge on any atom is 0.122 e. The number of hydrogen-bond acceptors (Lipinski definition) is 3. The van der Waals surface area contributed by atoms with Crippen LogP contribution in [0.1, 0.15) is 22.7 Å². The van der Waals surface area contributed by atoms with Crippen molar-refractivity contribution < 1.29 is 9.84 Å². The van der Waals surface area contributed by atoms with E-state index in [4.69, 9.17) is 15.6 Å². The summed E-state index contributed by atoms with van der Waals surface area (Å²) in [5.41, 5.74) is 8.91. The van der Waals surface area contributed by atoms with Gasteiger partial charge in [-0.25, -0.2) is 0 Å². The Balaban J connectivity index is 3.17. The molecule has 3 nitrogen and oxygen atoms in total. The zero-order chi connectivity index (χ0) is 10.7. The highest BCUT2D eigenvalue weighted by Crippen LogP contribution is 2.26. The Morgan fingerprint density at radius 2 is 2.00 bits per heavy atom. The molecular formula is C11H17NO2. The highest BCUT2D eigenvalue weighted by Gasteiger charge is 2.11. The smallest absolute Gasteiger partial charge is 0.122 e. The van der Waals surface area contributed by atoms with Crippen LogP contribution in [0.5, 0.6) is 5.75 Å². The van der Waals surface area contributed by atoms with Crippen LogP contribution < -0.4 is 10.5 Å². The second-order valence-electron chi connectivity index (χ2n) is 3.40. The minimum absolute atomic E-state index is 0.0351. The number of methoxy groups -OCH3 is 1. The van der Waals surface area contributed by atoms with Crippen molar-refractivity contribution in [1.29, 1.82) is 0 Å². The summed E-state index contributed by atoms with van der Waals surface area (Å²) in [5, 5.41) is 8.97. The molecule has 0 aliphatic rings. The van der Waals surface area contributed by atoms with Gasteiger partial charge in [0, 0.05) is 0 Å². The third-order valence-corrected chi connectivity index (χ3v) is 2.60. The summed E-state index contributed by atoms with van der Waals surface area (Å²) in [6.07, 6.45) is 0. The molecule has 3 heteroatoms. The number of rotatable bonds is 3. The first-order valence-electron chi connectivity index (χ1n) is 4.62. The van der Waals surface area contributed by atoms with E-state index in [2.05, 4.69) is 0 Å². The third-order valence-electron chi connectivity index (χ3n) is 2.60. The topological polar surface area (TPSA) is 55.5 Å². The predicted molar refractivity (Wildman–Crippen MR) is 56.5 cm³/mol. The lowest BCUT2D eigenvalue weighted by molar-refractivity contribution is 0.267. The van der Waals surface area contributed by atoms with Crippen LogP contribution >= 0.6 is 0 Å². The van der Waals surface area contributed by atoms with Crippen molar-refractivity contribution in [2.75, 3.05) is 13.7 Å². The molecule has 0 spiro atoms. The molecule has 0 heterocycles. The van der Waals surface area contributed by atoms with Crippen molar-refractivity contribution in [3.63, 3.8) is 0 Å². The van der Waals surface area contributed by atoms with Gasteiger partial charge in [-0.05, 0) is 36.6 Å². The second-order valence-corrected chi connectivity index (χ2v) is 3.40. The summed E-state index contributed by atoms with van der Waals surface area (Å²) in [6.45, 7) is 3.94. The zero-order valence-corrected chi connectivity index (χ0v) is 8.87. The fraction of sp³-hybridized carbons (Fsp3) is 0.455. The van der Waals surface area contributed by atoms with Gasteiger partial charge in [-0.2, -0.15) is 0 Å². The number of hydrogen-bond donors (Lipinski definition) is 2. The molecule has 1 rings (SSSR count). The largest absolute Gasteiger partial charge is 0.496 e. The lowest BCUT2D eigenvalue weighted by Gasteiger charge is -2.16. The molecule has 14 heavy (non-hydrogen) atoms. The molecule has 0 aliphatic carbocycles. The van der Waals surface area contributed by atoms with Crippen molar-refractivity contribution >= 4 is 0 Å². The maximum absolute atomic E-state index is 8.97.